The topological polar surface area (TPSA) is 15.3 Å². The van der Waals surface area contributed by atoms with Gasteiger partial charge in [0.1, 0.15) is 0 Å². The van der Waals surface area contributed by atoms with Crippen molar-refractivity contribution in [2.75, 3.05) is 19.6 Å². The molecule has 0 amide bonds. The number of nitrogens with one attached hydrogen (secondary N) is 1. The maximum absolute atomic E-state index is 4.01. The molecule has 0 bridgehead atoms. The predicted octanol–water partition coefficient (Wildman–Crippen LogP) is 2.36. The Labute approximate surface area is 87.7 Å². The molecule has 1 N–H and O–H groups in total. The lowest BCUT2D eigenvalue weighted by atomic mass is 10.0. The molecule has 0 aromatic carbocycles. The largest absolute Gasteiger partial charge is 0.365 e. The van der Waals surface area contributed by atoms with Crippen molar-refractivity contribution in [1.82, 2.24) is 10.2 Å². The van der Waals surface area contributed by atoms with E-state index >= 15 is 0 Å². The monoisotopic (exact) mass is 194 g/mol. The summed E-state index contributed by atoms with van der Waals surface area (Å²) in [6.07, 6.45) is 6.64. The maximum atomic E-state index is 4.01. The van der Waals surface area contributed by atoms with Crippen LogP contribution in [0.2, 0.25) is 0 Å². The highest BCUT2D eigenvalue weighted by Crippen LogP contribution is 2.15. The summed E-state index contributed by atoms with van der Waals surface area (Å²) in [5.74, 6) is 0.846. The third-order valence-corrected chi connectivity index (χ3v) is 2.61. The summed E-state index contributed by atoms with van der Waals surface area (Å²) in [6.45, 7) is 11.8. The van der Waals surface area contributed by atoms with Crippen molar-refractivity contribution in [3.63, 3.8) is 0 Å². The van der Waals surface area contributed by atoms with Crippen molar-refractivity contribution in [3.8, 4) is 0 Å². The summed E-state index contributed by atoms with van der Waals surface area (Å²) in [5, 5.41) is 3.18. The number of nitrogens with zero attached hydrogens (tertiary/aromatic N) is 1. The summed E-state index contributed by atoms with van der Waals surface area (Å²) in [5.41, 5.74) is 1.09. The molecule has 2 nitrogen and oxygen atoms in total. The fourth-order valence-corrected chi connectivity index (χ4v) is 1.95. The lowest BCUT2D eigenvalue weighted by Crippen LogP contribution is -2.37. The second kappa shape index (κ2) is 5.86. The Hall–Kier alpha value is -0.760. The summed E-state index contributed by atoms with van der Waals surface area (Å²) in [4.78, 5) is 2.48. The van der Waals surface area contributed by atoms with Gasteiger partial charge in [0.25, 0.3) is 0 Å². The van der Waals surface area contributed by atoms with Crippen LogP contribution in [0.1, 0.15) is 26.7 Å². The molecule has 1 fully saturated rings. The molecular weight excluding hydrogens is 172 g/mol. The molecule has 1 rings (SSSR count). The van der Waals surface area contributed by atoms with Gasteiger partial charge in [-0.1, -0.05) is 19.6 Å². The molecule has 0 unspecified atom stereocenters. The standard InChI is InChI=1S/C12H22N2/c1-4-7-13-12(3)10-14-8-5-6-11(2)9-14/h4,7,11,13H,3,5-6,8-10H2,1-2H3/b7-4-/t11-/m0/s1. The number of piperidine rings is 1. The van der Waals surface area contributed by atoms with Crippen molar-refractivity contribution in [2.24, 2.45) is 5.92 Å². The van der Waals surface area contributed by atoms with Crippen molar-refractivity contribution in [1.29, 1.82) is 0 Å². The fourth-order valence-electron chi connectivity index (χ4n) is 1.95. The first-order valence-corrected chi connectivity index (χ1v) is 5.50. The molecule has 80 valence electrons. The second-order valence-electron chi connectivity index (χ2n) is 4.23. The molecule has 0 spiro atoms. The van der Waals surface area contributed by atoms with Crippen molar-refractivity contribution in [3.05, 3.63) is 24.6 Å². The Balaban J connectivity index is 2.25. The zero-order valence-corrected chi connectivity index (χ0v) is 9.42. The van der Waals surface area contributed by atoms with E-state index in [1.54, 1.807) is 0 Å². The summed E-state index contributed by atoms with van der Waals surface area (Å²) >= 11 is 0. The van der Waals surface area contributed by atoms with Gasteiger partial charge in [0, 0.05) is 18.8 Å². The number of allylic oxidation sites excluding steroid dienone is 1. The summed E-state index contributed by atoms with van der Waals surface area (Å²) in [7, 11) is 0. The van der Waals surface area contributed by atoms with E-state index in [4.69, 9.17) is 0 Å². The molecule has 1 atom stereocenters. The van der Waals surface area contributed by atoms with Gasteiger partial charge in [0.15, 0.2) is 0 Å². The van der Waals surface area contributed by atoms with Crippen LogP contribution in [-0.2, 0) is 0 Å². The normalized spacial score (nSPS) is 24.0. The average molecular weight is 194 g/mol. The molecule has 1 aliphatic rings. The van der Waals surface area contributed by atoms with Gasteiger partial charge < -0.3 is 5.32 Å². The minimum absolute atomic E-state index is 0.846. The fraction of sp³-hybridized carbons (Fsp3) is 0.667. The van der Waals surface area contributed by atoms with Crippen LogP contribution in [0.3, 0.4) is 0 Å². The van der Waals surface area contributed by atoms with Gasteiger partial charge in [-0.25, -0.2) is 0 Å². The van der Waals surface area contributed by atoms with Crippen molar-refractivity contribution in [2.45, 2.75) is 26.7 Å². The zero-order valence-electron chi connectivity index (χ0n) is 9.42. The van der Waals surface area contributed by atoms with Gasteiger partial charge in [0.2, 0.25) is 0 Å². The average Bonchev–Trinajstić information content (AvgIpc) is 2.15. The second-order valence-corrected chi connectivity index (χ2v) is 4.23. The predicted molar refractivity (Wildman–Crippen MR) is 61.9 cm³/mol. The van der Waals surface area contributed by atoms with Gasteiger partial charge in [-0.2, -0.15) is 0 Å². The van der Waals surface area contributed by atoms with E-state index in [9.17, 15) is 0 Å². The molecule has 0 aromatic heterocycles. The SMILES string of the molecule is C=C(CN1CCC[C@H](C)C1)N/C=C\C. The molecular formula is C12H22N2. The van der Waals surface area contributed by atoms with Crippen LogP contribution >= 0.6 is 0 Å². The lowest BCUT2D eigenvalue weighted by Gasteiger charge is -2.31. The third kappa shape index (κ3) is 3.97. The van der Waals surface area contributed by atoms with E-state index in [1.807, 2.05) is 19.2 Å². The van der Waals surface area contributed by atoms with Crippen LogP contribution in [0.4, 0.5) is 0 Å². The number of rotatable bonds is 4. The van der Waals surface area contributed by atoms with E-state index in [-0.39, 0.29) is 0 Å². The Morgan fingerprint density at radius 2 is 2.43 bits per heavy atom. The van der Waals surface area contributed by atoms with Crippen LogP contribution in [0, 0.1) is 5.92 Å². The number of likely N-dealkylation sites (tertiary alicyclic amines) is 1. The maximum Gasteiger partial charge on any atom is 0.0379 e. The summed E-state index contributed by atoms with van der Waals surface area (Å²) in [6, 6.07) is 0. The molecule has 1 saturated heterocycles. The first-order chi connectivity index (χ1) is 6.72. The highest BCUT2D eigenvalue weighted by Gasteiger charge is 2.15. The van der Waals surface area contributed by atoms with E-state index in [1.165, 1.54) is 25.9 Å². The molecule has 0 aliphatic carbocycles. The smallest absolute Gasteiger partial charge is 0.0379 e. The molecule has 0 radical (unpaired) electrons. The molecule has 1 aliphatic heterocycles. The van der Waals surface area contributed by atoms with E-state index in [0.29, 0.717) is 0 Å². The molecule has 2 heteroatoms. The van der Waals surface area contributed by atoms with Crippen LogP contribution in [0.5, 0.6) is 0 Å². The van der Waals surface area contributed by atoms with E-state index in [0.717, 1.165) is 18.2 Å². The van der Waals surface area contributed by atoms with Crippen LogP contribution in [0.25, 0.3) is 0 Å². The van der Waals surface area contributed by atoms with Gasteiger partial charge in [-0.3, -0.25) is 4.90 Å². The summed E-state index contributed by atoms with van der Waals surface area (Å²) < 4.78 is 0. The van der Waals surface area contributed by atoms with Crippen LogP contribution in [0.15, 0.2) is 24.6 Å². The lowest BCUT2D eigenvalue weighted by molar-refractivity contribution is 0.196. The molecule has 14 heavy (non-hydrogen) atoms. The minimum atomic E-state index is 0.846. The Morgan fingerprint density at radius 1 is 1.64 bits per heavy atom. The van der Waals surface area contributed by atoms with Gasteiger partial charge in [-0.15, -0.1) is 0 Å². The van der Waals surface area contributed by atoms with E-state index in [2.05, 4.69) is 23.7 Å². The highest BCUT2D eigenvalue weighted by atomic mass is 15.1. The Kier molecular flexibility index (Phi) is 4.74. The first kappa shape index (κ1) is 11.3. The number of hydrogen-bond acceptors (Lipinski definition) is 2. The highest BCUT2D eigenvalue weighted by molar-refractivity contribution is 4.99. The van der Waals surface area contributed by atoms with E-state index < -0.39 is 0 Å². The number of hydrogen-bond donors (Lipinski definition) is 1. The third-order valence-electron chi connectivity index (χ3n) is 2.61. The zero-order chi connectivity index (χ0) is 10.4. The molecule has 0 saturated carbocycles. The Bertz CT molecular complexity index is 208. The van der Waals surface area contributed by atoms with Gasteiger partial charge in [0.05, 0.1) is 0 Å². The molecule has 1 heterocycles. The van der Waals surface area contributed by atoms with Crippen LogP contribution < -0.4 is 5.32 Å². The first-order valence-electron chi connectivity index (χ1n) is 5.50. The Morgan fingerprint density at radius 3 is 3.07 bits per heavy atom. The quantitative estimate of drug-likeness (QED) is 0.739. The van der Waals surface area contributed by atoms with Gasteiger partial charge in [-0.05, 0) is 38.4 Å². The molecule has 0 aromatic rings. The van der Waals surface area contributed by atoms with Gasteiger partial charge >= 0.3 is 0 Å². The minimum Gasteiger partial charge on any atom is -0.365 e. The van der Waals surface area contributed by atoms with Crippen molar-refractivity contribution < 1.29 is 0 Å². The van der Waals surface area contributed by atoms with Crippen LogP contribution in [-0.4, -0.2) is 24.5 Å². The van der Waals surface area contributed by atoms with Crippen molar-refractivity contribution >= 4 is 0 Å².